The molecule has 3 nitrogen and oxygen atoms in total. The summed E-state index contributed by atoms with van der Waals surface area (Å²) in [5, 5.41) is 2.95. The predicted octanol–water partition coefficient (Wildman–Crippen LogP) is 1.33. The lowest BCUT2D eigenvalue weighted by atomic mass is 10.2. The predicted molar refractivity (Wildman–Crippen MR) is 57.0 cm³/mol. The van der Waals surface area contributed by atoms with Gasteiger partial charge in [-0.05, 0) is 20.3 Å². The first-order valence-corrected chi connectivity index (χ1v) is 5.28. The van der Waals surface area contributed by atoms with Crippen LogP contribution in [-0.2, 0) is 4.79 Å². The van der Waals surface area contributed by atoms with Gasteiger partial charge in [-0.25, -0.2) is 3.11 Å². The van der Waals surface area contributed by atoms with Crippen molar-refractivity contribution in [3.8, 4) is 0 Å². The van der Waals surface area contributed by atoms with Gasteiger partial charge in [-0.15, -0.1) is 0 Å². The molecule has 1 atom stereocenters. The Balaban J connectivity index is 2.27. The minimum absolute atomic E-state index is 0.202. The fourth-order valence-corrected chi connectivity index (χ4v) is 1.71. The smallest absolute Gasteiger partial charge is 0.220 e. The molecule has 1 saturated heterocycles. The van der Waals surface area contributed by atoms with Crippen LogP contribution in [0.5, 0.6) is 0 Å². The topological polar surface area (TPSA) is 32.3 Å². The summed E-state index contributed by atoms with van der Waals surface area (Å²) in [4.78, 5) is 10.9. The van der Waals surface area contributed by atoms with Gasteiger partial charge in [0.05, 0.1) is 0 Å². The highest BCUT2D eigenvalue weighted by molar-refractivity contribution is 14.1. The number of rotatable bonds is 3. The third kappa shape index (κ3) is 2.90. The highest BCUT2D eigenvalue weighted by atomic mass is 127. The van der Waals surface area contributed by atoms with E-state index in [-0.39, 0.29) is 5.91 Å². The van der Waals surface area contributed by atoms with E-state index in [4.69, 9.17) is 0 Å². The molecule has 1 amide bonds. The monoisotopic (exact) mass is 282 g/mol. The molecule has 1 fully saturated rings. The Hall–Kier alpha value is 0.160. The fraction of sp³-hybridized carbons (Fsp3) is 0.875. The number of carbonyl (C=O) groups excluding carboxylic acids is 1. The summed E-state index contributed by atoms with van der Waals surface area (Å²) < 4.78 is 2.23. The van der Waals surface area contributed by atoms with Crippen molar-refractivity contribution in [2.24, 2.45) is 0 Å². The molecular weight excluding hydrogens is 267 g/mol. The Labute approximate surface area is 87.4 Å². The molecule has 70 valence electrons. The number of nitrogens with zero attached hydrogens (tertiary/aromatic N) is 1. The molecule has 1 rings (SSSR count). The summed E-state index contributed by atoms with van der Waals surface area (Å²) in [6.45, 7) is 5.27. The highest BCUT2D eigenvalue weighted by Gasteiger charge is 2.22. The lowest BCUT2D eigenvalue weighted by Gasteiger charge is -2.21. The number of hydrogen-bond donors (Lipinski definition) is 1. The van der Waals surface area contributed by atoms with Crippen LogP contribution in [-0.4, -0.2) is 27.6 Å². The van der Waals surface area contributed by atoms with Crippen LogP contribution in [0.25, 0.3) is 0 Å². The van der Waals surface area contributed by atoms with Crippen molar-refractivity contribution in [2.75, 3.05) is 6.54 Å². The van der Waals surface area contributed by atoms with Crippen molar-refractivity contribution in [3.63, 3.8) is 0 Å². The summed E-state index contributed by atoms with van der Waals surface area (Å²) in [5.74, 6) is 0.202. The highest BCUT2D eigenvalue weighted by Crippen LogP contribution is 2.13. The maximum Gasteiger partial charge on any atom is 0.220 e. The largest absolute Gasteiger partial charge is 0.352 e. The van der Waals surface area contributed by atoms with Crippen LogP contribution < -0.4 is 5.32 Å². The SMILES string of the molecule is CC(C)N(I)C[C@@H]1CCC(=O)N1. The molecule has 12 heavy (non-hydrogen) atoms. The molecule has 1 N–H and O–H groups in total. The number of amides is 1. The molecule has 0 aromatic rings. The van der Waals surface area contributed by atoms with Gasteiger partial charge >= 0.3 is 0 Å². The third-order valence-corrected chi connectivity index (χ3v) is 3.55. The first-order chi connectivity index (χ1) is 5.59. The first-order valence-electron chi connectivity index (χ1n) is 4.31. The molecule has 0 aliphatic carbocycles. The van der Waals surface area contributed by atoms with Crippen LogP contribution in [0, 0.1) is 0 Å². The average molecular weight is 282 g/mol. The van der Waals surface area contributed by atoms with E-state index in [9.17, 15) is 4.79 Å². The van der Waals surface area contributed by atoms with Crippen LogP contribution in [0.2, 0.25) is 0 Å². The molecule has 1 heterocycles. The van der Waals surface area contributed by atoms with Gasteiger partial charge in [0.15, 0.2) is 0 Å². The van der Waals surface area contributed by atoms with Crippen LogP contribution in [0.3, 0.4) is 0 Å². The van der Waals surface area contributed by atoms with Crippen molar-refractivity contribution in [1.29, 1.82) is 0 Å². The summed E-state index contributed by atoms with van der Waals surface area (Å²) in [6.07, 6.45) is 1.69. The number of halogens is 1. The van der Waals surface area contributed by atoms with Crippen LogP contribution in [0.1, 0.15) is 26.7 Å². The second kappa shape index (κ2) is 4.41. The summed E-state index contributed by atoms with van der Waals surface area (Å²) in [7, 11) is 0. The first kappa shape index (κ1) is 10.2. The van der Waals surface area contributed by atoms with Gasteiger partial charge in [0.1, 0.15) is 0 Å². The normalized spacial score (nSPS) is 23.8. The van der Waals surface area contributed by atoms with Gasteiger partial charge in [0.2, 0.25) is 5.91 Å². The van der Waals surface area contributed by atoms with E-state index in [1.165, 1.54) is 0 Å². The number of carbonyl (C=O) groups is 1. The summed E-state index contributed by atoms with van der Waals surface area (Å²) in [6, 6.07) is 0.917. The van der Waals surface area contributed by atoms with Gasteiger partial charge in [0, 0.05) is 47.9 Å². The molecule has 0 radical (unpaired) electrons. The molecule has 0 aromatic heterocycles. The zero-order valence-electron chi connectivity index (χ0n) is 7.51. The molecule has 1 aliphatic heterocycles. The van der Waals surface area contributed by atoms with Crippen molar-refractivity contribution in [2.45, 2.75) is 38.8 Å². The Bertz CT molecular complexity index is 172. The zero-order chi connectivity index (χ0) is 9.14. The van der Waals surface area contributed by atoms with Crippen LogP contribution in [0.15, 0.2) is 0 Å². The molecule has 1 aliphatic rings. The zero-order valence-corrected chi connectivity index (χ0v) is 9.67. The van der Waals surface area contributed by atoms with E-state index < -0.39 is 0 Å². The lowest BCUT2D eigenvalue weighted by Crippen LogP contribution is -2.36. The van der Waals surface area contributed by atoms with Crippen molar-refractivity contribution < 1.29 is 4.79 Å². The molecule has 0 unspecified atom stereocenters. The number of nitrogens with one attached hydrogen (secondary N) is 1. The quantitative estimate of drug-likeness (QED) is 0.625. The van der Waals surface area contributed by atoms with Gasteiger partial charge in [-0.3, -0.25) is 4.79 Å². The minimum atomic E-state index is 0.202. The maximum atomic E-state index is 10.9. The molecule has 0 bridgehead atoms. The second-order valence-corrected chi connectivity index (χ2v) is 4.72. The van der Waals surface area contributed by atoms with E-state index in [0.29, 0.717) is 18.5 Å². The fourth-order valence-electron chi connectivity index (χ4n) is 1.24. The molecule has 0 saturated carbocycles. The Morgan fingerprint density at radius 1 is 1.75 bits per heavy atom. The van der Waals surface area contributed by atoms with Crippen molar-refractivity contribution >= 4 is 28.8 Å². The lowest BCUT2D eigenvalue weighted by molar-refractivity contribution is -0.119. The Morgan fingerprint density at radius 3 is 2.83 bits per heavy atom. The second-order valence-electron chi connectivity index (χ2n) is 3.48. The molecule has 0 spiro atoms. The van der Waals surface area contributed by atoms with Crippen molar-refractivity contribution in [3.05, 3.63) is 0 Å². The summed E-state index contributed by atoms with van der Waals surface area (Å²) >= 11 is 2.31. The maximum absolute atomic E-state index is 10.9. The van der Waals surface area contributed by atoms with Gasteiger partial charge in [-0.2, -0.15) is 0 Å². The van der Waals surface area contributed by atoms with E-state index >= 15 is 0 Å². The number of hydrogen-bond acceptors (Lipinski definition) is 2. The third-order valence-electron chi connectivity index (χ3n) is 2.04. The van der Waals surface area contributed by atoms with E-state index in [1.807, 2.05) is 0 Å². The van der Waals surface area contributed by atoms with Gasteiger partial charge in [0.25, 0.3) is 0 Å². The Kier molecular flexibility index (Phi) is 3.77. The molecular formula is C8H15IN2O. The van der Waals surface area contributed by atoms with Crippen molar-refractivity contribution in [1.82, 2.24) is 8.43 Å². The van der Waals surface area contributed by atoms with E-state index in [1.54, 1.807) is 0 Å². The Morgan fingerprint density at radius 2 is 2.42 bits per heavy atom. The van der Waals surface area contributed by atoms with Gasteiger partial charge < -0.3 is 5.32 Å². The van der Waals surface area contributed by atoms with E-state index in [0.717, 1.165) is 13.0 Å². The standard InChI is InChI=1S/C8H15IN2O/c1-6(2)11(9)5-7-3-4-8(12)10-7/h6-7H,3-5H2,1-2H3,(H,10,12)/t7-/m0/s1. The van der Waals surface area contributed by atoms with Crippen LogP contribution >= 0.6 is 22.9 Å². The summed E-state index contributed by atoms with van der Waals surface area (Å²) in [5.41, 5.74) is 0. The van der Waals surface area contributed by atoms with Crippen LogP contribution in [0.4, 0.5) is 0 Å². The molecule has 0 aromatic carbocycles. The average Bonchev–Trinajstić information content (AvgIpc) is 2.35. The van der Waals surface area contributed by atoms with Gasteiger partial charge in [-0.1, -0.05) is 0 Å². The molecule has 4 heteroatoms. The minimum Gasteiger partial charge on any atom is -0.352 e. The van der Waals surface area contributed by atoms with E-state index in [2.05, 4.69) is 45.1 Å².